The maximum atomic E-state index is 9.83. The van der Waals surface area contributed by atoms with Gasteiger partial charge in [-0.2, -0.15) is 4.98 Å². The molecule has 0 aliphatic carbocycles. The van der Waals surface area contributed by atoms with Crippen molar-refractivity contribution >= 4 is 28.6 Å². The molecule has 0 radical (unpaired) electrons. The number of aliphatic hydroxyl groups excluding tert-OH is 1. The molecule has 0 amide bonds. The summed E-state index contributed by atoms with van der Waals surface area (Å²) in [7, 11) is 0. The number of imidazole rings is 1. The summed E-state index contributed by atoms with van der Waals surface area (Å²) in [5, 5.41) is 13.4. The van der Waals surface area contributed by atoms with Gasteiger partial charge in [-0.05, 0) is 25.1 Å². The van der Waals surface area contributed by atoms with Crippen LogP contribution in [0, 0.1) is 6.92 Å². The molecule has 10 heteroatoms. The third kappa shape index (κ3) is 3.20. The van der Waals surface area contributed by atoms with Crippen LogP contribution in [0.25, 0.3) is 11.2 Å². The molecule has 0 aromatic carbocycles. The van der Waals surface area contributed by atoms with Crippen LogP contribution in [0.15, 0.2) is 22.6 Å². The Bertz CT molecular complexity index is 1010. The van der Waals surface area contributed by atoms with Gasteiger partial charge in [-0.1, -0.05) is 11.6 Å². The van der Waals surface area contributed by atoms with Gasteiger partial charge in [0.05, 0.1) is 30.3 Å². The van der Waals surface area contributed by atoms with Gasteiger partial charge < -0.3 is 34.0 Å². The molecule has 2 fully saturated rings. The lowest BCUT2D eigenvalue weighted by molar-refractivity contribution is 0.00706. The van der Waals surface area contributed by atoms with Gasteiger partial charge in [-0.25, -0.2) is 4.98 Å². The van der Waals surface area contributed by atoms with E-state index < -0.39 is 6.10 Å². The third-order valence-corrected chi connectivity index (χ3v) is 5.16. The van der Waals surface area contributed by atoms with Crippen molar-refractivity contribution in [2.24, 2.45) is 0 Å². The average Bonchev–Trinajstić information content (AvgIpc) is 3.41. The maximum absolute atomic E-state index is 9.83. The van der Waals surface area contributed by atoms with E-state index in [2.05, 4.69) is 20.3 Å². The van der Waals surface area contributed by atoms with Crippen molar-refractivity contribution in [1.29, 1.82) is 0 Å². The van der Waals surface area contributed by atoms with E-state index in [0.717, 1.165) is 11.5 Å². The van der Waals surface area contributed by atoms with Crippen LogP contribution in [0.2, 0.25) is 5.02 Å². The number of H-pyrrole nitrogens is 1. The number of hydrogen-bond acceptors (Lipinski definition) is 8. The second kappa shape index (κ2) is 6.93. The Hall–Kier alpha value is -2.33. The fourth-order valence-corrected chi connectivity index (χ4v) is 3.73. The third-order valence-electron chi connectivity index (χ3n) is 4.88. The summed E-state index contributed by atoms with van der Waals surface area (Å²) < 4.78 is 22.6. The molecular formula is C18H19ClN4O5. The molecule has 5 rings (SSSR count). The van der Waals surface area contributed by atoms with Gasteiger partial charge in [0.1, 0.15) is 35.7 Å². The Balaban J connectivity index is 1.32. The maximum Gasteiger partial charge on any atom is 0.296 e. The SMILES string of the molecule is Cc1ccc(CNc2nc3nc(O[C@@H]4CO[C@H]5[C@@H]4OC[C@H]5O)[nH]c3cc2Cl)o1. The fourth-order valence-electron chi connectivity index (χ4n) is 3.51. The Morgan fingerprint density at radius 2 is 2.14 bits per heavy atom. The van der Waals surface area contributed by atoms with Crippen LogP contribution in [0.3, 0.4) is 0 Å². The van der Waals surface area contributed by atoms with Crippen molar-refractivity contribution in [2.45, 2.75) is 37.9 Å². The standard InChI is InChI=1S/C18H19ClN4O5/c1-8-2-3-9(27-8)5-20-16-10(19)4-11-17(22-16)23-18(21-11)28-13-7-26-14-12(24)6-25-15(13)14/h2-4,12-15,24H,5-7H2,1H3,(H2,20,21,22,23)/t12-,13-,14-,15-/m1/s1. The van der Waals surface area contributed by atoms with Gasteiger partial charge in [-0.3, -0.25) is 0 Å². The smallest absolute Gasteiger partial charge is 0.296 e. The molecule has 0 unspecified atom stereocenters. The van der Waals surface area contributed by atoms with Crippen molar-refractivity contribution in [3.63, 3.8) is 0 Å². The van der Waals surface area contributed by atoms with Crippen molar-refractivity contribution in [3.05, 3.63) is 34.7 Å². The fraction of sp³-hybridized carbons (Fsp3) is 0.444. The van der Waals surface area contributed by atoms with Crippen molar-refractivity contribution in [3.8, 4) is 6.01 Å². The monoisotopic (exact) mass is 406 g/mol. The summed E-state index contributed by atoms with van der Waals surface area (Å²) in [5.41, 5.74) is 1.13. The molecule has 0 bridgehead atoms. The van der Waals surface area contributed by atoms with Gasteiger partial charge in [0.25, 0.3) is 6.01 Å². The van der Waals surface area contributed by atoms with E-state index in [1.807, 2.05) is 19.1 Å². The number of ether oxygens (including phenoxy) is 3. The predicted molar refractivity (Wildman–Crippen MR) is 99.6 cm³/mol. The van der Waals surface area contributed by atoms with E-state index in [9.17, 15) is 5.11 Å². The molecule has 2 aliphatic heterocycles. The number of aryl methyl sites for hydroxylation is 1. The van der Waals surface area contributed by atoms with Gasteiger partial charge in [0.2, 0.25) is 0 Å². The van der Waals surface area contributed by atoms with E-state index in [1.165, 1.54) is 0 Å². The first kappa shape index (κ1) is 17.7. The lowest BCUT2D eigenvalue weighted by Gasteiger charge is -2.15. The van der Waals surface area contributed by atoms with E-state index in [4.69, 9.17) is 30.2 Å². The molecule has 0 saturated carbocycles. The number of aliphatic hydroxyl groups is 1. The lowest BCUT2D eigenvalue weighted by atomic mass is 10.1. The molecule has 3 aromatic rings. The molecule has 2 saturated heterocycles. The summed E-state index contributed by atoms with van der Waals surface area (Å²) in [4.78, 5) is 11.9. The summed E-state index contributed by atoms with van der Waals surface area (Å²) in [6.45, 7) is 2.92. The summed E-state index contributed by atoms with van der Waals surface area (Å²) in [6, 6.07) is 5.84. The van der Waals surface area contributed by atoms with Gasteiger partial charge >= 0.3 is 0 Å². The topological polar surface area (TPSA) is 115 Å². The Kier molecular flexibility index (Phi) is 4.39. The van der Waals surface area contributed by atoms with E-state index in [1.54, 1.807) is 6.07 Å². The first-order chi connectivity index (χ1) is 13.6. The molecule has 148 valence electrons. The molecule has 9 nitrogen and oxygen atoms in total. The minimum atomic E-state index is -0.624. The zero-order chi connectivity index (χ0) is 19.3. The number of pyridine rings is 1. The highest BCUT2D eigenvalue weighted by Gasteiger charge is 2.48. The van der Waals surface area contributed by atoms with Crippen molar-refractivity contribution < 1.29 is 23.7 Å². The lowest BCUT2D eigenvalue weighted by Crippen LogP contribution is -2.34. The number of anilines is 1. The minimum Gasteiger partial charge on any atom is -0.465 e. The average molecular weight is 407 g/mol. The number of nitrogens with one attached hydrogen (secondary N) is 2. The summed E-state index contributed by atoms with van der Waals surface area (Å²) >= 11 is 6.33. The van der Waals surface area contributed by atoms with E-state index in [-0.39, 0.29) is 24.9 Å². The van der Waals surface area contributed by atoms with Crippen LogP contribution in [0.4, 0.5) is 5.82 Å². The molecule has 0 spiro atoms. The number of fused-ring (bicyclic) bond motifs is 2. The molecule has 28 heavy (non-hydrogen) atoms. The highest BCUT2D eigenvalue weighted by Crippen LogP contribution is 2.30. The molecular weight excluding hydrogens is 388 g/mol. The van der Waals surface area contributed by atoms with Gasteiger partial charge in [-0.15, -0.1) is 0 Å². The molecule has 2 aliphatic rings. The zero-order valence-electron chi connectivity index (χ0n) is 15.0. The van der Waals surface area contributed by atoms with Crippen LogP contribution >= 0.6 is 11.6 Å². The Morgan fingerprint density at radius 3 is 2.96 bits per heavy atom. The van der Waals surface area contributed by atoms with Gasteiger partial charge in [0.15, 0.2) is 11.8 Å². The number of halogens is 1. The van der Waals surface area contributed by atoms with E-state index in [0.29, 0.717) is 41.2 Å². The Labute approximate surface area is 165 Å². The molecule has 5 heterocycles. The van der Waals surface area contributed by atoms with Crippen molar-refractivity contribution in [2.75, 3.05) is 18.5 Å². The second-order valence-corrected chi connectivity index (χ2v) is 7.32. The highest BCUT2D eigenvalue weighted by molar-refractivity contribution is 6.33. The zero-order valence-corrected chi connectivity index (χ0v) is 15.8. The minimum absolute atomic E-state index is 0.247. The number of rotatable bonds is 5. The largest absolute Gasteiger partial charge is 0.465 e. The van der Waals surface area contributed by atoms with Crippen LogP contribution in [-0.2, 0) is 16.0 Å². The van der Waals surface area contributed by atoms with Crippen LogP contribution in [0.5, 0.6) is 6.01 Å². The predicted octanol–water partition coefficient (Wildman–Crippen LogP) is 2.03. The number of furan rings is 1. The van der Waals surface area contributed by atoms with Crippen LogP contribution in [-0.4, -0.2) is 57.7 Å². The summed E-state index contributed by atoms with van der Waals surface area (Å²) in [5.74, 6) is 2.14. The molecule has 4 atom stereocenters. The quantitative estimate of drug-likeness (QED) is 0.589. The first-order valence-corrected chi connectivity index (χ1v) is 9.38. The van der Waals surface area contributed by atoms with Crippen LogP contribution < -0.4 is 10.1 Å². The van der Waals surface area contributed by atoms with Crippen LogP contribution in [0.1, 0.15) is 11.5 Å². The summed E-state index contributed by atoms with van der Waals surface area (Å²) in [6.07, 6.45) is -1.64. The molecule has 3 N–H and O–H groups in total. The highest BCUT2D eigenvalue weighted by atomic mass is 35.5. The van der Waals surface area contributed by atoms with E-state index >= 15 is 0 Å². The Morgan fingerprint density at radius 1 is 1.29 bits per heavy atom. The molecule has 3 aromatic heterocycles. The number of aromatic nitrogens is 3. The van der Waals surface area contributed by atoms with Crippen molar-refractivity contribution in [1.82, 2.24) is 15.0 Å². The van der Waals surface area contributed by atoms with Gasteiger partial charge in [0, 0.05) is 0 Å². The normalized spacial score (nSPS) is 26.7. The second-order valence-electron chi connectivity index (χ2n) is 6.92. The number of aromatic amines is 1. The number of nitrogens with zero attached hydrogens (tertiary/aromatic N) is 2. The first-order valence-electron chi connectivity index (χ1n) is 9.00. The number of hydrogen-bond donors (Lipinski definition) is 3.